The molecule has 1 N–H and O–H groups in total. The Morgan fingerprint density at radius 1 is 0.943 bits per heavy atom. The van der Waals surface area contributed by atoms with Crippen molar-refractivity contribution < 1.29 is 18.8 Å². The van der Waals surface area contributed by atoms with Gasteiger partial charge in [-0.2, -0.15) is 4.98 Å². The van der Waals surface area contributed by atoms with E-state index in [-0.39, 0.29) is 12.8 Å². The van der Waals surface area contributed by atoms with Crippen LogP contribution in [0.4, 0.5) is 10.5 Å². The van der Waals surface area contributed by atoms with E-state index in [9.17, 15) is 4.79 Å². The Morgan fingerprint density at radius 2 is 1.71 bits per heavy atom. The Labute approximate surface area is 201 Å². The Morgan fingerprint density at radius 3 is 2.51 bits per heavy atom. The number of carbonyl (C=O) groups is 1. The van der Waals surface area contributed by atoms with Gasteiger partial charge >= 0.3 is 6.03 Å². The lowest BCUT2D eigenvalue weighted by atomic mass is 9.94. The molecule has 2 aliphatic heterocycles. The number of nitrogens with zero attached hydrogens (tertiary/aromatic N) is 3. The Balaban J connectivity index is 1.49. The smallest absolute Gasteiger partial charge is 0.327 e. The molecule has 0 saturated carbocycles. The number of rotatable bonds is 4. The molecule has 35 heavy (non-hydrogen) atoms. The molecule has 6 rings (SSSR count). The number of nitrogens with one attached hydrogen (secondary N) is 1. The molecule has 3 heterocycles. The number of hydrogen-bond acceptors (Lipinski definition) is 6. The maximum Gasteiger partial charge on any atom is 0.327 e. The number of hydrogen-bond donors (Lipinski definition) is 1. The highest BCUT2D eigenvalue weighted by atomic mass is 16.7. The average molecular weight is 466 g/mol. The van der Waals surface area contributed by atoms with Crippen molar-refractivity contribution in [2.24, 2.45) is 0 Å². The number of allylic oxidation sites excluding steroid dienone is 1. The maximum absolute atomic E-state index is 13.4. The number of carbonyl (C=O) groups excluding carboxylic acids is 1. The molecule has 174 valence electrons. The van der Waals surface area contributed by atoms with E-state index in [0.717, 1.165) is 22.3 Å². The second-order valence-electron chi connectivity index (χ2n) is 8.45. The fourth-order valence-corrected chi connectivity index (χ4v) is 4.40. The van der Waals surface area contributed by atoms with Crippen molar-refractivity contribution in [1.82, 2.24) is 15.5 Å². The van der Waals surface area contributed by atoms with E-state index in [1.165, 1.54) is 0 Å². The van der Waals surface area contributed by atoms with Crippen LogP contribution in [-0.2, 0) is 0 Å². The molecule has 0 spiro atoms. The summed E-state index contributed by atoms with van der Waals surface area (Å²) in [5.41, 5.74) is 4.95. The third-order valence-electron chi connectivity index (χ3n) is 6.20. The third-order valence-corrected chi connectivity index (χ3v) is 6.20. The van der Waals surface area contributed by atoms with E-state index < -0.39 is 6.04 Å². The summed E-state index contributed by atoms with van der Waals surface area (Å²) in [5.74, 6) is 2.07. The van der Waals surface area contributed by atoms with E-state index in [1.54, 1.807) is 17.0 Å². The topological polar surface area (TPSA) is 89.7 Å². The summed E-state index contributed by atoms with van der Waals surface area (Å²) in [6.07, 6.45) is 0. The highest BCUT2D eigenvalue weighted by Crippen LogP contribution is 2.42. The number of ether oxygens (including phenoxy) is 2. The standard InChI is InChI=1S/C27H22N4O4/c1-16-8-10-18(11-9-16)24-23(26-29-25(30-35-26)19-6-4-3-5-7-19)17(2)31(27(32)28-24)20-12-13-21-22(14-20)34-15-33-21/h3-14,24H,15H2,1-2H3,(H,28,32). The molecule has 0 saturated heterocycles. The van der Waals surface area contributed by atoms with Crippen LogP contribution in [0, 0.1) is 6.92 Å². The van der Waals surface area contributed by atoms with Crippen molar-refractivity contribution in [2.45, 2.75) is 19.9 Å². The molecule has 1 atom stereocenters. The maximum atomic E-state index is 13.4. The lowest BCUT2D eigenvalue weighted by molar-refractivity contribution is 0.174. The number of benzene rings is 3. The van der Waals surface area contributed by atoms with Gasteiger partial charge in [-0.05, 0) is 31.5 Å². The van der Waals surface area contributed by atoms with Gasteiger partial charge in [-0.1, -0.05) is 65.3 Å². The van der Waals surface area contributed by atoms with E-state index in [0.29, 0.717) is 34.6 Å². The van der Waals surface area contributed by atoms with Crippen LogP contribution in [0.2, 0.25) is 0 Å². The molecule has 0 bridgehead atoms. The van der Waals surface area contributed by atoms with Crippen molar-refractivity contribution in [3.05, 3.63) is 95.5 Å². The first-order chi connectivity index (χ1) is 17.1. The minimum absolute atomic E-state index is 0.158. The Bertz CT molecular complexity index is 1440. The van der Waals surface area contributed by atoms with Crippen LogP contribution in [0.5, 0.6) is 11.5 Å². The van der Waals surface area contributed by atoms with Gasteiger partial charge in [0.25, 0.3) is 5.89 Å². The molecule has 0 radical (unpaired) electrons. The fraction of sp³-hybridized carbons (Fsp3) is 0.148. The van der Waals surface area contributed by atoms with Gasteiger partial charge in [0.15, 0.2) is 11.5 Å². The first kappa shape index (κ1) is 21.0. The first-order valence-electron chi connectivity index (χ1n) is 11.3. The summed E-state index contributed by atoms with van der Waals surface area (Å²) in [4.78, 5) is 19.7. The van der Waals surface area contributed by atoms with Gasteiger partial charge in [0, 0.05) is 17.3 Å². The molecule has 1 unspecified atom stereocenters. The highest BCUT2D eigenvalue weighted by Gasteiger charge is 2.37. The molecule has 1 aromatic heterocycles. The summed E-state index contributed by atoms with van der Waals surface area (Å²) in [7, 11) is 0. The van der Waals surface area contributed by atoms with Gasteiger partial charge < -0.3 is 19.3 Å². The second-order valence-corrected chi connectivity index (χ2v) is 8.45. The predicted octanol–water partition coefficient (Wildman–Crippen LogP) is 5.48. The van der Waals surface area contributed by atoms with Crippen LogP contribution < -0.4 is 19.7 Å². The normalized spacial score (nSPS) is 17.0. The van der Waals surface area contributed by atoms with E-state index in [2.05, 4.69) is 10.5 Å². The second kappa shape index (κ2) is 8.32. The monoisotopic (exact) mass is 466 g/mol. The van der Waals surface area contributed by atoms with Crippen LogP contribution in [0.1, 0.15) is 30.0 Å². The van der Waals surface area contributed by atoms with Crippen LogP contribution >= 0.6 is 0 Å². The molecule has 0 fully saturated rings. The molecular weight excluding hydrogens is 444 g/mol. The molecule has 8 nitrogen and oxygen atoms in total. The zero-order chi connectivity index (χ0) is 23.9. The largest absolute Gasteiger partial charge is 0.454 e. The van der Waals surface area contributed by atoms with Gasteiger partial charge in [-0.25, -0.2) is 4.79 Å². The minimum atomic E-state index is -0.461. The summed E-state index contributed by atoms with van der Waals surface area (Å²) in [6.45, 7) is 4.06. The van der Waals surface area contributed by atoms with Crippen LogP contribution in [0.25, 0.3) is 17.0 Å². The Kier molecular flexibility index (Phi) is 4.99. The molecule has 2 aliphatic rings. The molecule has 8 heteroatoms. The quantitative estimate of drug-likeness (QED) is 0.429. The summed E-state index contributed by atoms with van der Waals surface area (Å²) in [6, 6.07) is 22.3. The van der Waals surface area contributed by atoms with Gasteiger partial charge in [0.2, 0.25) is 12.6 Å². The van der Waals surface area contributed by atoms with Gasteiger partial charge in [0.1, 0.15) is 0 Å². The molecular formula is C27H22N4O4. The number of aromatic nitrogens is 2. The van der Waals surface area contributed by atoms with Crippen molar-refractivity contribution in [1.29, 1.82) is 0 Å². The van der Waals surface area contributed by atoms with Gasteiger partial charge in [-0.3, -0.25) is 4.90 Å². The molecule has 0 aliphatic carbocycles. The molecule has 4 aromatic rings. The number of fused-ring (bicyclic) bond motifs is 1. The summed E-state index contributed by atoms with van der Waals surface area (Å²) >= 11 is 0. The average Bonchev–Trinajstić information content (AvgIpc) is 3.54. The first-order valence-corrected chi connectivity index (χ1v) is 11.3. The zero-order valence-corrected chi connectivity index (χ0v) is 19.2. The van der Waals surface area contributed by atoms with Crippen LogP contribution in [-0.4, -0.2) is 23.0 Å². The van der Waals surface area contributed by atoms with Crippen molar-refractivity contribution >= 4 is 17.3 Å². The number of aryl methyl sites for hydroxylation is 1. The molecule has 3 aromatic carbocycles. The number of urea groups is 1. The van der Waals surface area contributed by atoms with E-state index in [4.69, 9.17) is 19.0 Å². The minimum Gasteiger partial charge on any atom is -0.454 e. The van der Waals surface area contributed by atoms with Crippen molar-refractivity contribution in [3.63, 3.8) is 0 Å². The summed E-state index contributed by atoms with van der Waals surface area (Å²) < 4.78 is 16.7. The number of amides is 2. The van der Waals surface area contributed by atoms with Crippen LogP contribution in [0.15, 0.2) is 83.0 Å². The van der Waals surface area contributed by atoms with E-state index in [1.807, 2.05) is 74.5 Å². The van der Waals surface area contributed by atoms with Crippen LogP contribution in [0.3, 0.4) is 0 Å². The number of anilines is 1. The third kappa shape index (κ3) is 3.69. The lowest BCUT2D eigenvalue weighted by Gasteiger charge is -2.35. The SMILES string of the molecule is CC1=C(c2nc(-c3ccccc3)no2)C(c2ccc(C)cc2)NC(=O)N1c1ccc2c(c1)OCO2. The highest BCUT2D eigenvalue weighted by molar-refractivity contribution is 6.01. The predicted molar refractivity (Wildman–Crippen MR) is 130 cm³/mol. The van der Waals surface area contributed by atoms with Crippen molar-refractivity contribution in [2.75, 3.05) is 11.7 Å². The summed E-state index contributed by atoms with van der Waals surface area (Å²) in [5, 5.41) is 7.34. The van der Waals surface area contributed by atoms with Gasteiger partial charge in [-0.15, -0.1) is 0 Å². The Hall–Kier alpha value is -4.59. The van der Waals surface area contributed by atoms with Gasteiger partial charge in [0.05, 0.1) is 17.3 Å². The zero-order valence-electron chi connectivity index (χ0n) is 19.2. The van der Waals surface area contributed by atoms with Crippen molar-refractivity contribution in [3.8, 4) is 22.9 Å². The van der Waals surface area contributed by atoms with E-state index >= 15 is 0 Å². The molecule has 2 amide bonds. The fourth-order valence-electron chi connectivity index (χ4n) is 4.40. The lowest BCUT2D eigenvalue weighted by Crippen LogP contribution is -2.46.